The molecular formula is C26H21BrN2O3. The average molecular weight is 489 g/mol. The van der Waals surface area contributed by atoms with Crippen LogP contribution < -0.4 is 14.9 Å². The van der Waals surface area contributed by atoms with Gasteiger partial charge in [0.1, 0.15) is 11.5 Å². The van der Waals surface area contributed by atoms with Gasteiger partial charge in [0.15, 0.2) is 6.61 Å². The van der Waals surface area contributed by atoms with Crippen molar-refractivity contribution in [3.63, 3.8) is 0 Å². The maximum Gasteiger partial charge on any atom is 0.277 e. The summed E-state index contributed by atoms with van der Waals surface area (Å²) in [5.74, 6) is 0.902. The van der Waals surface area contributed by atoms with Gasteiger partial charge >= 0.3 is 0 Å². The van der Waals surface area contributed by atoms with Crippen LogP contribution in [0.4, 0.5) is 0 Å². The number of halogens is 1. The Labute approximate surface area is 194 Å². The molecule has 0 aliphatic rings. The normalized spacial score (nSPS) is 10.9. The van der Waals surface area contributed by atoms with Crippen LogP contribution in [0.3, 0.4) is 0 Å². The number of hydrogen-bond acceptors (Lipinski definition) is 4. The highest BCUT2D eigenvalue weighted by Crippen LogP contribution is 2.30. The molecule has 4 rings (SSSR count). The number of nitrogens with one attached hydrogen (secondary N) is 1. The second-order valence-electron chi connectivity index (χ2n) is 7.00. The van der Waals surface area contributed by atoms with Gasteiger partial charge in [-0.2, -0.15) is 5.10 Å². The lowest BCUT2D eigenvalue weighted by Crippen LogP contribution is -2.24. The molecule has 0 spiro atoms. The van der Waals surface area contributed by atoms with Crippen molar-refractivity contribution in [2.45, 2.75) is 0 Å². The van der Waals surface area contributed by atoms with E-state index in [0.717, 1.165) is 31.9 Å². The molecule has 5 nitrogen and oxygen atoms in total. The maximum atomic E-state index is 12.2. The van der Waals surface area contributed by atoms with Crippen molar-refractivity contribution in [3.05, 3.63) is 95.0 Å². The number of ether oxygens (including phenoxy) is 2. The summed E-state index contributed by atoms with van der Waals surface area (Å²) in [6.45, 7) is -0.159. The van der Waals surface area contributed by atoms with Crippen molar-refractivity contribution in [2.24, 2.45) is 5.10 Å². The van der Waals surface area contributed by atoms with E-state index in [0.29, 0.717) is 11.5 Å². The molecule has 0 saturated heterocycles. The van der Waals surface area contributed by atoms with E-state index in [1.54, 1.807) is 13.3 Å². The standard InChI is InChI=1S/C26H21BrN2O3/c1-31-24-13-11-19-9-5-6-10-21(19)22(24)16-28-29-26(30)17-32-25-14-12-20(15-23(25)27)18-7-3-2-4-8-18/h2-16H,17H2,1H3,(H,29,30)/b28-16+. The Balaban J connectivity index is 1.39. The molecule has 1 N–H and O–H groups in total. The summed E-state index contributed by atoms with van der Waals surface area (Å²) in [6.07, 6.45) is 1.59. The van der Waals surface area contributed by atoms with Crippen molar-refractivity contribution in [1.29, 1.82) is 0 Å². The number of amides is 1. The lowest BCUT2D eigenvalue weighted by Gasteiger charge is -2.10. The fraction of sp³-hybridized carbons (Fsp3) is 0.0769. The van der Waals surface area contributed by atoms with Crippen LogP contribution in [-0.2, 0) is 4.79 Å². The molecule has 0 fully saturated rings. The summed E-state index contributed by atoms with van der Waals surface area (Å²) >= 11 is 3.52. The zero-order valence-corrected chi connectivity index (χ0v) is 19.0. The summed E-state index contributed by atoms with van der Waals surface area (Å²) in [4.78, 5) is 12.2. The molecule has 0 aliphatic carbocycles. The fourth-order valence-electron chi connectivity index (χ4n) is 3.36. The molecule has 0 saturated carbocycles. The highest BCUT2D eigenvalue weighted by atomic mass is 79.9. The molecule has 4 aromatic carbocycles. The number of hydrogen-bond donors (Lipinski definition) is 1. The van der Waals surface area contributed by atoms with Crippen molar-refractivity contribution in [1.82, 2.24) is 5.43 Å². The minimum atomic E-state index is -0.362. The highest BCUT2D eigenvalue weighted by molar-refractivity contribution is 9.10. The molecule has 0 heterocycles. The summed E-state index contributed by atoms with van der Waals surface area (Å²) in [5, 5.41) is 6.15. The van der Waals surface area contributed by atoms with Crippen molar-refractivity contribution < 1.29 is 14.3 Å². The lowest BCUT2D eigenvalue weighted by atomic mass is 10.0. The van der Waals surface area contributed by atoms with E-state index in [-0.39, 0.29) is 12.5 Å². The van der Waals surface area contributed by atoms with Crippen LogP contribution in [0, 0.1) is 0 Å². The van der Waals surface area contributed by atoms with E-state index < -0.39 is 0 Å². The topological polar surface area (TPSA) is 59.9 Å². The largest absolute Gasteiger partial charge is 0.496 e. The Morgan fingerprint density at radius 3 is 2.47 bits per heavy atom. The fourth-order valence-corrected chi connectivity index (χ4v) is 3.85. The molecule has 0 atom stereocenters. The quantitative estimate of drug-likeness (QED) is 0.264. The molecule has 0 radical (unpaired) electrons. The van der Waals surface area contributed by atoms with E-state index >= 15 is 0 Å². The molecule has 0 aliphatic heterocycles. The number of rotatable bonds is 7. The van der Waals surface area contributed by atoms with Gasteiger partial charge in [0, 0.05) is 5.56 Å². The van der Waals surface area contributed by atoms with Crippen LogP contribution >= 0.6 is 15.9 Å². The summed E-state index contributed by atoms with van der Waals surface area (Å²) in [6, 6.07) is 27.6. The van der Waals surface area contributed by atoms with Gasteiger partial charge in [-0.1, -0.05) is 66.7 Å². The zero-order valence-electron chi connectivity index (χ0n) is 17.4. The maximum absolute atomic E-state index is 12.2. The van der Waals surface area contributed by atoms with Crippen molar-refractivity contribution >= 4 is 38.8 Å². The number of carbonyl (C=O) groups is 1. The summed E-state index contributed by atoms with van der Waals surface area (Å²) in [5.41, 5.74) is 5.47. The van der Waals surface area contributed by atoms with Gasteiger partial charge in [-0.25, -0.2) is 5.43 Å². The smallest absolute Gasteiger partial charge is 0.277 e. The number of hydrazone groups is 1. The average Bonchev–Trinajstić information content (AvgIpc) is 2.84. The van der Waals surface area contributed by atoms with Gasteiger partial charge in [0.25, 0.3) is 5.91 Å². The van der Waals surface area contributed by atoms with E-state index in [1.165, 1.54) is 0 Å². The van der Waals surface area contributed by atoms with Crippen molar-refractivity contribution in [3.8, 4) is 22.6 Å². The first-order chi connectivity index (χ1) is 15.7. The zero-order chi connectivity index (χ0) is 22.3. The van der Waals surface area contributed by atoms with Gasteiger partial charge in [-0.3, -0.25) is 4.79 Å². The highest BCUT2D eigenvalue weighted by Gasteiger charge is 2.08. The summed E-state index contributed by atoms with van der Waals surface area (Å²) < 4.78 is 11.9. The lowest BCUT2D eigenvalue weighted by molar-refractivity contribution is -0.123. The third-order valence-electron chi connectivity index (χ3n) is 4.93. The van der Waals surface area contributed by atoms with Crippen LogP contribution in [0.15, 0.2) is 94.5 Å². The molecular weight excluding hydrogens is 468 g/mol. The predicted molar refractivity (Wildman–Crippen MR) is 131 cm³/mol. The van der Waals surface area contributed by atoms with E-state index in [1.807, 2.05) is 84.9 Å². The summed E-state index contributed by atoms with van der Waals surface area (Å²) in [7, 11) is 1.61. The predicted octanol–water partition coefficient (Wildman–Crippen LogP) is 5.81. The Morgan fingerprint density at radius 1 is 0.938 bits per heavy atom. The molecule has 0 unspecified atom stereocenters. The molecule has 1 amide bonds. The minimum Gasteiger partial charge on any atom is -0.496 e. The van der Waals surface area contributed by atoms with Gasteiger partial charge < -0.3 is 9.47 Å². The second-order valence-corrected chi connectivity index (χ2v) is 7.85. The number of benzene rings is 4. The van der Waals surface area contributed by atoms with E-state index in [4.69, 9.17) is 9.47 Å². The SMILES string of the molecule is COc1ccc2ccccc2c1/C=N/NC(=O)COc1ccc(-c2ccccc2)cc1Br. The van der Waals surface area contributed by atoms with E-state index in [2.05, 4.69) is 26.5 Å². The number of methoxy groups -OCH3 is 1. The minimum absolute atomic E-state index is 0.159. The number of fused-ring (bicyclic) bond motifs is 1. The molecule has 6 heteroatoms. The van der Waals surface area contributed by atoms with Crippen LogP contribution in [0.5, 0.6) is 11.5 Å². The van der Waals surface area contributed by atoms with Crippen LogP contribution in [0.25, 0.3) is 21.9 Å². The molecule has 32 heavy (non-hydrogen) atoms. The second kappa shape index (κ2) is 10.1. The first kappa shape index (κ1) is 21.6. The van der Waals surface area contributed by atoms with Gasteiger partial charge in [0.2, 0.25) is 0 Å². The van der Waals surface area contributed by atoms with Gasteiger partial charge in [0.05, 0.1) is 17.8 Å². The van der Waals surface area contributed by atoms with E-state index in [9.17, 15) is 4.79 Å². The third kappa shape index (κ3) is 4.98. The van der Waals surface area contributed by atoms with Gasteiger partial charge in [-0.05, 0) is 56.0 Å². The Morgan fingerprint density at radius 2 is 1.69 bits per heavy atom. The first-order valence-electron chi connectivity index (χ1n) is 10.0. The van der Waals surface area contributed by atoms with Gasteiger partial charge in [-0.15, -0.1) is 0 Å². The monoisotopic (exact) mass is 488 g/mol. The molecule has 160 valence electrons. The first-order valence-corrected chi connectivity index (χ1v) is 10.8. The number of nitrogens with zero attached hydrogens (tertiary/aromatic N) is 1. The molecule has 0 bridgehead atoms. The van der Waals surface area contributed by atoms with Crippen LogP contribution in [-0.4, -0.2) is 25.8 Å². The van der Waals surface area contributed by atoms with Crippen molar-refractivity contribution in [2.75, 3.05) is 13.7 Å². The Kier molecular flexibility index (Phi) is 6.82. The Hall–Kier alpha value is -3.64. The Bertz CT molecular complexity index is 1270. The molecule has 0 aromatic heterocycles. The third-order valence-corrected chi connectivity index (χ3v) is 5.55. The number of carbonyl (C=O) groups excluding carboxylic acids is 1. The van der Waals surface area contributed by atoms with Crippen LogP contribution in [0.1, 0.15) is 5.56 Å². The van der Waals surface area contributed by atoms with Crippen LogP contribution in [0.2, 0.25) is 0 Å². The molecule has 4 aromatic rings.